The van der Waals surface area contributed by atoms with Gasteiger partial charge in [-0.3, -0.25) is 29.4 Å². The summed E-state index contributed by atoms with van der Waals surface area (Å²) in [5, 5.41) is 24.9. The molecule has 2 unspecified atom stereocenters. The summed E-state index contributed by atoms with van der Waals surface area (Å²) in [6.45, 7) is 3.95. The number of thioether (sulfide) groups is 1. The van der Waals surface area contributed by atoms with Crippen molar-refractivity contribution < 1.29 is 48.2 Å². The van der Waals surface area contributed by atoms with Crippen molar-refractivity contribution in [2.75, 3.05) is 0 Å². The van der Waals surface area contributed by atoms with Gasteiger partial charge in [0.15, 0.2) is 17.1 Å². The number of carbonyl (C=O) groups is 5. The summed E-state index contributed by atoms with van der Waals surface area (Å²) in [6.07, 6.45) is -1.17. The summed E-state index contributed by atoms with van der Waals surface area (Å²) in [6, 6.07) is 9.20. The number of nitrogens with one attached hydrogen (secondary N) is 2. The molecule has 2 aliphatic rings. The first-order valence-electron chi connectivity index (χ1n) is 13.2. The maximum atomic E-state index is 12.7. The highest BCUT2D eigenvalue weighted by Crippen LogP contribution is 2.47. The van der Waals surface area contributed by atoms with Crippen LogP contribution in [0.25, 0.3) is 0 Å². The van der Waals surface area contributed by atoms with Crippen LogP contribution in [0.4, 0.5) is 5.69 Å². The second-order valence-corrected chi connectivity index (χ2v) is 10.9. The predicted molar refractivity (Wildman–Crippen MR) is 152 cm³/mol. The average molecular weight is 629 g/mol. The maximum absolute atomic E-state index is 12.7. The van der Waals surface area contributed by atoms with Crippen molar-refractivity contribution in [2.24, 2.45) is 0 Å². The van der Waals surface area contributed by atoms with Gasteiger partial charge in [0, 0.05) is 17.7 Å². The molecule has 0 saturated carbocycles. The Morgan fingerprint density at radius 3 is 2.30 bits per heavy atom. The number of β-lactam (4-membered cyclic amide) rings is 1. The summed E-state index contributed by atoms with van der Waals surface area (Å²) < 4.78 is 15.8. The molecule has 3 amide bonds. The first kappa shape index (κ1) is 32.0. The molecule has 16 heteroatoms. The lowest BCUT2D eigenvalue weighted by atomic mass is 10.1. The molecule has 0 bridgehead atoms. The third-order valence-corrected chi connectivity index (χ3v) is 7.50. The summed E-state index contributed by atoms with van der Waals surface area (Å²) in [4.78, 5) is 73.5. The van der Waals surface area contributed by atoms with Gasteiger partial charge in [0.05, 0.1) is 16.7 Å². The van der Waals surface area contributed by atoms with Crippen LogP contribution in [-0.2, 0) is 35.3 Å². The van der Waals surface area contributed by atoms with Gasteiger partial charge in [-0.25, -0.2) is 9.59 Å². The van der Waals surface area contributed by atoms with E-state index in [4.69, 9.17) is 14.2 Å². The van der Waals surface area contributed by atoms with Gasteiger partial charge in [-0.05, 0) is 62.7 Å². The fraction of sp³-hybridized carbons (Fsp3) is 0.321. The van der Waals surface area contributed by atoms with Crippen LogP contribution < -0.4 is 15.4 Å². The Labute approximate surface area is 254 Å². The summed E-state index contributed by atoms with van der Waals surface area (Å²) >= 11 is 1.16. The minimum atomic E-state index is -1.38. The number of amides is 3. The highest BCUT2D eigenvalue weighted by Gasteiger charge is 2.50. The van der Waals surface area contributed by atoms with Gasteiger partial charge in [0.2, 0.25) is 11.8 Å². The Morgan fingerprint density at radius 2 is 1.70 bits per heavy atom. The molecule has 0 aliphatic carbocycles. The Morgan fingerprint density at radius 1 is 1.05 bits per heavy atom. The number of hydrogen-bond acceptors (Lipinski definition) is 12. The van der Waals surface area contributed by atoms with Crippen molar-refractivity contribution in [2.45, 2.75) is 57.5 Å². The Bertz CT molecular complexity index is 1510. The Kier molecular flexibility index (Phi) is 9.85. The molecule has 232 valence electrons. The fourth-order valence-corrected chi connectivity index (χ4v) is 5.25. The number of fused-ring (bicyclic) bond motifs is 1. The number of ether oxygens (including phenoxy) is 3. The van der Waals surface area contributed by atoms with Crippen LogP contribution in [0.2, 0.25) is 0 Å². The minimum absolute atomic E-state index is 0.0997. The third-order valence-electron chi connectivity index (χ3n) is 6.36. The van der Waals surface area contributed by atoms with Gasteiger partial charge >= 0.3 is 11.9 Å². The van der Waals surface area contributed by atoms with Crippen LogP contribution >= 0.6 is 11.8 Å². The van der Waals surface area contributed by atoms with E-state index in [1.807, 2.05) is 0 Å². The number of aliphatic hydroxyl groups excluding tert-OH is 1. The highest BCUT2D eigenvalue weighted by atomic mass is 32.2. The zero-order valence-electron chi connectivity index (χ0n) is 23.7. The second-order valence-electron chi connectivity index (χ2n) is 9.76. The predicted octanol–water partition coefficient (Wildman–Crippen LogP) is 1.70. The van der Waals surface area contributed by atoms with Crippen molar-refractivity contribution in [3.05, 3.63) is 80.6 Å². The first-order valence-corrected chi connectivity index (χ1v) is 14.1. The molecule has 0 radical (unpaired) electrons. The average Bonchev–Trinajstić information content (AvgIpc) is 3.27. The number of aliphatic hydroxyl groups is 1. The van der Waals surface area contributed by atoms with Crippen LogP contribution in [-0.4, -0.2) is 68.3 Å². The monoisotopic (exact) mass is 628 g/mol. The number of carbonyl (C=O) groups excluding carboxylic acids is 5. The number of nitro benzene ring substituents is 1. The number of nitro groups is 1. The lowest BCUT2D eigenvalue weighted by molar-refractivity contribution is -0.384. The molecule has 1 fully saturated rings. The molecule has 0 spiro atoms. The molecule has 1 saturated heterocycles. The lowest BCUT2D eigenvalue weighted by Crippen LogP contribution is -2.49. The molecule has 4 rings (SSSR count). The number of rotatable bonds is 12. The summed E-state index contributed by atoms with van der Waals surface area (Å²) in [7, 11) is 0. The van der Waals surface area contributed by atoms with Crippen molar-refractivity contribution in [1.29, 1.82) is 0 Å². The molecular formula is C28H28N4O11S. The number of nitrogens with zero attached hydrogens (tertiary/aromatic N) is 2. The molecule has 0 aromatic heterocycles. The van der Waals surface area contributed by atoms with Crippen LogP contribution in [0.15, 0.2) is 59.3 Å². The summed E-state index contributed by atoms with van der Waals surface area (Å²) in [5.74, 6) is -2.89. The van der Waals surface area contributed by atoms with Gasteiger partial charge in [-0.15, -0.1) is 0 Å². The second kappa shape index (κ2) is 13.6. The van der Waals surface area contributed by atoms with E-state index in [1.54, 1.807) is 0 Å². The van der Waals surface area contributed by atoms with Crippen molar-refractivity contribution in [3.8, 4) is 5.75 Å². The largest absolute Gasteiger partial charge is 0.459 e. The molecule has 3 N–H and O–H groups in total. The van der Waals surface area contributed by atoms with Gasteiger partial charge in [-0.2, -0.15) is 0 Å². The zero-order chi connectivity index (χ0) is 32.1. The fourth-order valence-electron chi connectivity index (χ4n) is 4.01. The minimum Gasteiger partial charge on any atom is -0.459 e. The molecule has 2 aromatic rings. The molecular weight excluding hydrogens is 600 g/mol. The molecule has 2 aliphatic heterocycles. The van der Waals surface area contributed by atoms with E-state index in [0.29, 0.717) is 5.56 Å². The SMILES string of the molecule is CC(NC(=O)c1ccc(OC2=C(C(=O)O[C@H](C)O)N3C(=O)C[C@H]3S2)cc1)C(=O)NC(C)C(=O)OCc1ccc([N+](=O)[O-])cc1. The number of hydrogen-bond donors (Lipinski definition) is 3. The quantitative estimate of drug-likeness (QED) is 0.101. The van der Waals surface area contributed by atoms with Crippen molar-refractivity contribution in [1.82, 2.24) is 15.5 Å². The Balaban J connectivity index is 1.28. The smallest absolute Gasteiger partial charge is 0.361 e. The molecule has 44 heavy (non-hydrogen) atoms. The van der Waals surface area contributed by atoms with E-state index in [-0.39, 0.29) is 52.1 Å². The van der Waals surface area contributed by atoms with E-state index in [0.717, 1.165) is 11.8 Å². The number of esters is 2. The van der Waals surface area contributed by atoms with E-state index in [1.165, 1.54) is 74.2 Å². The van der Waals surface area contributed by atoms with Crippen LogP contribution in [0.5, 0.6) is 5.75 Å². The van der Waals surface area contributed by atoms with E-state index < -0.39 is 47.0 Å². The van der Waals surface area contributed by atoms with Crippen LogP contribution in [0.1, 0.15) is 43.1 Å². The van der Waals surface area contributed by atoms with Crippen LogP contribution in [0.3, 0.4) is 0 Å². The highest BCUT2D eigenvalue weighted by molar-refractivity contribution is 8.03. The first-order chi connectivity index (χ1) is 20.8. The molecule has 15 nitrogen and oxygen atoms in total. The number of non-ortho nitro benzene ring substituents is 1. The van der Waals surface area contributed by atoms with E-state index in [9.17, 15) is 39.2 Å². The Hall–Kier alpha value is -4.96. The van der Waals surface area contributed by atoms with Crippen molar-refractivity contribution in [3.63, 3.8) is 0 Å². The van der Waals surface area contributed by atoms with Gasteiger partial charge in [0.1, 0.15) is 24.4 Å². The standard InChI is InChI=1S/C28H28N4O11S/c1-14(24(35)30-15(2)26(37)41-13-17-4-8-19(9-5-17)32(39)40)29-25(36)18-6-10-20(11-7-18)43-28-23(27(38)42-16(3)33)31-21(34)12-22(31)44-28/h4-11,14-16,22,33H,12-13H2,1-3H3,(H,29,36)(H,30,35)/t14?,15?,16-,22-/m1/s1. The molecule has 2 aromatic carbocycles. The third kappa shape index (κ3) is 7.51. The maximum Gasteiger partial charge on any atom is 0.361 e. The number of benzene rings is 2. The van der Waals surface area contributed by atoms with Crippen molar-refractivity contribution >= 4 is 47.1 Å². The topological polar surface area (TPSA) is 204 Å². The van der Waals surface area contributed by atoms with E-state index in [2.05, 4.69) is 10.6 Å². The van der Waals surface area contributed by atoms with Gasteiger partial charge < -0.3 is 30.0 Å². The lowest BCUT2D eigenvalue weighted by Gasteiger charge is -2.33. The molecule has 4 atom stereocenters. The zero-order valence-corrected chi connectivity index (χ0v) is 24.5. The normalized spacial score (nSPS) is 17.4. The summed E-state index contributed by atoms with van der Waals surface area (Å²) in [5.41, 5.74) is 0.506. The van der Waals surface area contributed by atoms with Gasteiger partial charge in [-0.1, -0.05) is 11.8 Å². The van der Waals surface area contributed by atoms with Gasteiger partial charge in [0.25, 0.3) is 11.6 Å². The molecule has 2 heterocycles. The van der Waals surface area contributed by atoms with E-state index >= 15 is 0 Å². The van der Waals surface area contributed by atoms with Crippen LogP contribution in [0, 0.1) is 10.1 Å².